The number of carbonyl (C=O) groups excluding carboxylic acids is 3. The SMILES string of the molecule is CC(C)C1CN(C(=O)OCc2ccccc2)CC1N1C(=O)c2ccccc2C1=O. The quantitative estimate of drug-likeness (QED) is 0.746. The van der Waals surface area contributed by atoms with Crippen molar-refractivity contribution in [1.82, 2.24) is 9.80 Å². The molecule has 2 aromatic carbocycles. The van der Waals surface area contributed by atoms with Gasteiger partial charge in [0.2, 0.25) is 0 Å². The minimum absolute atomic E-state index is 0.00138. The van der Waals surface area contributed by atoms with Gasteiger partial charge in [-0.2, -0.15) is 0 Å². The van der Waals surface area contributed by atoms with Crippen molar-refractivity contribution in [3.05, 3.63) is 71.3 Å². The molecule has 3 amide bonds. The van der Waals surface area contributed by atoms with Crippen molar-refractivity contribution in [2.45, 2.75) is 26.5 Å². The largest absolute Gasteiger partial charge is 0.445 e. The summed E-state index contributed by atoms with van der Waals surface area (Å²) in [5.74, 6) is -0.348. The van der Waals surface area contributed by atoms with E-state index in [9.17, 15) is 14.4 Å². The predicted octanol–water partition coefficient (Wildman–Crippen LogP) is 3.58. The van der Waals surface area contributed by atoms with E-state index in [4.69, 9.17) is 4.74 Å². The molecule has 2 unspecified atom stereocenters. The molecule has 6 heteroatoms. The lowest BCUT2D eigenvalue weighted by Gasteiger charge is -2.28. The normalized spacial score (nSPS) is 21.1. The van der Waals surface area contributed by atoms with Gasteiger partial charge in [0.15, 0.2) is 0 Å². The number of likely N-dealkylation sites (tertiary alicyclic amines) is 1. The van der Waals surface area contributed by atoms with Crippen LogP contribution in [0.15, 0.2) is 54.6 Å². The Balaban J connectivity index is 1.50. The Morgan fingerprint density at radius 3 is 2.14 bits per heavy atom. The van der Waals surface area contributed by atoms with Crippen LogP contribution in [-0.2, 0) is 11.3 Å². The van der Waals surface area contributed by atoms with Gasteiger partial charge in [0.1, 0.15) is 6.61 Å². The van der Waals surface area contributed by atoms with Crippen molar-refractivity contribution in [3.63, 3.8) is 0 Å². The van der Waals surface area contributed by atoms with Crippen molar-refractivity contribution < 1.29 is 19.1 Å². The van der Waals surface area contributed by atoms with Crippen molar-refractivity contribution in [3.8, 4) is 0 Å². The first-order valence-electron chi connectivity index (χ1n) is 9.90. The lowest BCUT2D eigenvalue weighted by Crippen LogP contribution is -2.46. The standard InChI is InChI=1S/C23H24N2O4/c1-15(2)19-12-24(23(28)29-14-16-8-4-3-5-9-16)13-20(19)25-21(26)17-10-6-7-11-18(17)22(25)27/h3-11,15,19-20H,12-14H2,1-2H3. The highest BCUT2D eigenvalue weighted by Gasteiger charge is 2.48. The third kappa shape index (κ3) is 3.50. The first kappa shape index (κ1) is 19.2. The van der Waals surface area contributed by atoms with Crippen LogP contribution in [0.1, 0.15) is 40.1 Å². The van der Waals surface area contributed by atoms with E-state index in [2.05, 4.69) is 13.8 Å². The third-order valence-corrected chi connectivity index (χ3v) is 5.81. The summed E-state index contributed by atoms with van der Waals surface area (Å²) in [6.45, 7) is 5.05. The van der Waals surface area contributed by atoms with E-state index in [0.29, 0.717) is 24.2 Å². The predicted molar refractivity (Wildman–Crippen MR) is 107 cm³/mol. The average Bonchev–Trinajstić information content (AvgIpc) is 3.27. The molecule has 29 heavy (non-hydrogen) atoms. The molecule has 2 aliphatic heterocycles. The fourth-order valence-corrected chi connectivity index (χ4v) is 4.21. The van der Waals surface area contributed by atoms with E-state index < -0.39 is 6.09 Å². The second-order valence-corrected chi connectivity index (χ2v) is 7.95. The summed E-state index contributed by atoms with van der Waals surface area (Å²) in [5.41, 5.74) is 1.78. The maximum Gasteiger partial charge on any atom is 0.410 e. The summed E-state index contributed by atoms with van der Waals surface area (Å²) in [7, 11) is 0. The van der Waals surface area contributed by atoms with Crippen LogP contribution in [0.2, 0.25) is 0 Å². The van der Waals surface area contributed by atoms with Gasteiger partial charge in [0.25, 0.3) is 11.8 Å². The van der Waals surface area contributed by atoms with E-state index >= 15 is 0 Å². The molecular formula is C23H24N2O4. The van der Waals surface area contributed by atoms with Crippen LogP contribution in [0.5, 0.6) is 0 Å². The van der Waals surface area contributed by atoms with Crippen molar-refractivity contribution in [1.29, 1.82) is 0 Å². The molecule has 1 saturated heterocycles. The van der Waals surface area contributed by atoms with Crippen LogP contribution in [-0.4, -0.2) is 46.8 Å². The Morgan fingerprint density at radius 1 is 0.966 bits per heavy atom. The fraction of sp³-hybridized carbons (Fsp3) is 0.348. The number of ether oxygens (including phenoxy) is 1. The molecule has 1 fully saturated rings. The average molecular weight is 392 g/mol. The monoisotopic (exact) mass is 392 g/mol. The number of fused-ring (bicyclic) bond motifs is 1. The van der Waals surface area contributed by atoms with E-state index in [-0.39, 0.29) is 36.3 Å². The minimum atomic E-state index is -0.418. The maximum absolute atomic E-state index is 12.9. The number of hydrogen-bond donors (Lipinski definition) is 0. The summed E-state index contributed by atoms with van der Waals surface area (Å²) in [6.07, 6.45) is -0.418. The molecule has 4 rings (SSSR count). The van der Waals surface area contributed by atoms with Crippen molar-refractivity contribution in [2.24, 2.45) is 11.8 Å². The number of rotatable bonds is 4. The zero-order valence-electron chi connectivity index (χ0n) is 16.6. The first-order chi connectivity index (χ1) is 14.0. The van der Waals surface area contributed by atoms with Crippen LogP contribution in [0.25, 0.3) is 0 Å². The summed E-state index contributed by atoms with van der Waals surface area (Å²) in [5, 5.41) is 0. The third-order valence-electron chi connectivity index (χ3n) is 5.81. The van der Waals surface area contributed by atoms with Crippen LogP contribution in [0.3, 0.4) is 0 Å². The van der Waals surface area contributed by atoms with Gasteiger partial charge in [0, 0.05) is 19.0 Å². The van der Waals surface area contributed by atoms with Gasteiger partial charge in [-0.15, -0.1) is 0 Å². The van der Waals surface area contributed by atoms with Crippen molar-refractivity contribution >= 4 is 17.9 Å². The maximum atomic E-state index is 12.9. The van der Waals surface area contributed by atoms with Gasteiger partial charge >= 0.3 is 6.09 Å². The van der Waals surface area contributed by atoms with Crippen LogP contribution < -0.4 is 0 Å². The second-order valence-electron chi connectivity index (χ2n) is 7.95. The topological polar surface area (TPSA) is 66.9 Å². The van der Waals surface area contributed by atoms with Crippen LogP contribution in [0.4, 0.5) is 4.79 Å². The second kappa shape index (κ2) is 7.70. The molecule has 0 aromatic heterocycles. The minimum Gasteiger partial charge on any atom is -0.445 e. The highest BCUT2D eigenvalue weighted by Crippen LogP contribution is 2.34. The number of amides is 3. The van der Waals surface area contributed by atoms with Gasteiger partial charge in [0.05, 0.1) is 17.2 Å². The highest BCUT2D eigenvalue weighted by molar-refractivity contribution is 6.21. The molecule has 0 bridgehead atoms. The lowest BCUT2D eigenvalue weighted by atomic mass is 9.90. The number of benzene rings is 2. The Hall–Kier alpha value is -3.15. The fourth-order valence-electron chi connectivity index (χ4n) is 4.21. The summed E-state index contributed by atoms with van der Waals surface area (Å²) < 4.78 is 5.47. The summed E-state index contributed by atoms with van der Waals surface area (Å²) in [4.78, 5) is 41.4. The summed E-state index contributed by atoms with van der Waals surface area (Å²) >= 11 is 0. The first-order valence-corrected chi connectivity index (χ1v) is 9.90. The smallest absolute Gasteiger partial charge is 0.410 e. The molecule has 0 spiro atoms. The van der Waals surface area contributed by atoms with E-state index in [0.717, 1.165) is 5.56 Å². The van der Waals surface area contributed by atoms with Gasteiger partial charge in [-0.25, -0.2) is 4.79 Å². The zero-order valence-corrected chi connectivity index (χ0v) is 16.6. The number of nitrogens with zero attached hydrogens (tertiary/aromatic N) is 2. The molecule has 0 aliphatic carbocycles. The zero-order chi connectivity index (χ0) is 20.5. The molecule has 0 N–H and O–H groups in total. The van der Waals surface area contributed by atoms with Gasteiger partial charge < -0.3 is 9.64 Å². The van der Waals surface area contributed by atoms with Crippen LogP contribution in [0, 0.1) is 11.8 Å². The van der Waals surface area contributed by atoms with Gasteiger partial charge in [-0.3, -0.25) is 14.5 Å². The molecule has 2 atom stereocenters. The molecule has 150 valence electrons. The Morgan fingerprint density at radius 2 is 1.55 bits per heavy atom. The molecule has 2 aromatic rings. The van der Waals surface area contributed by atoms with E-state index in [1.165, 1.54) is 4.90 Å². The Kier molecular flexibility index (Phi) is 5.09. The lowest BCUT2D eigenvalue weighted by molar-refractivity contribution is 0.0535. The van der Waals surface area contributed by atoms with Gasteiger partial charge in [-0.05, 0) is 23.6 Å². The van der Waals surface area contributed by atoms with E-state index in [1.807, 2.05) is 30.3 Å². The summed E-state index contributed by atoms with van der Waals surface area (Å²) in [6, 6.07) is 16.0. The molecular weight excluding hydrogens is 368 g/mol. The highest BCUT2D eigenvalue weighted by atomic mass is 16.6. The van der Waals surface area contributed by atoms with Crippen molar-refractivity contribution in [2.75, 3.05) is 13.1 Å². The van der Waals surface area contributed by atoms with Crippen LogP contribution >= 0.6 is 0 Å². The number of carbonyl (C=O) groups is 3. The molecule has 6 nitrogen and oxygen atoms in total. The number of hydrogen-bond acceptors (Lipinski definition) is 4. The molecule has 2 aliphatic rings. The molecule has 2 heterocycles. The Bertz CT molecular complexity index is 906. The molecule has 0 saturated carbocycles. The van der Waals surface area contributed by atoms with Gasteiger partial charge in [-0.1, -0.05) is 56.3 Å². The number of imide groups is 1. The molecule has 0 radical (unpaired) electrons. The van der Waals surface area contributed by atoms with E-state index in [1.54, 1.807) is 29.2 Å². The Labute approximate surface area is 170 Å².